The highest BCUT2D eigenvalue weighted by Crippen LogP contribution is 2.18. The van der Waals surface area contributed by atoms with Gasteiger partial charge in [0, 0.05) is 0 Å². The number of carboxylic acid groups (broad SMARTS) is 1. The van der Waals surface area contributed by atoms with Gasteiger partial charge >= 0.3 is 5.97 Å². The Labute approximate surface area is 97.3 Å². The lowest BCUT2D eigenvalue weighted by molar-refractivity contribution is -0.139. The standard InChI is InChI=1S/C9H12O5S2/c10-7(6-8(11)12)3-5-16(13,14)9-2-1-4-15-9/h1-2,4,7,10H,3,5-6H2,(H,11,12). The molecule has 0 saturated carbocycles. The van der Waals surface area contributed by atoms with Crippen LogP contribution in [-0.4, -0.2) is 36.5 Å². The number of aliphatic carboxylic acids is 1. The summed E-state index contributed by atoms with van der Waals surface area (Å²) < 4.78 is 23.5. The molecule has 0 fully saturated rings. The molecule has 0 radical (unpaired) electrons. The van der Waals surface area contributed by atoms with Crippen molar-refractivity contribution < 1.29 is 23.4 Å². The van der Waals surface area contributed by atoms with E-state index in [2.05, 4.69) is 0 Å². The second-order valence-electron chi connectivity index (χ2n) is 3.29. The Morgan fingerprint density at radius 2 is 2.19 bits per heavy atom. The zero-order valence-electron chi connectivity index (χ0n) is 8.37. The van der Waals surface area contributed by atoms with Crippen molar-refractivity contribution in [3.8, 4) is 0 Å². The summed E-state index contributed by atoms with van der Waals surface area (Å²) in [5.41, 5.74) is 0. The first-order chi connectivity index (χ1) is 7.42. The molecule has 7 heteroatoms. The van der Waals surface area contributed by atoms with Crippen molar-refractivity contribution in [2.75, 3.05) is 5.75 Å². The van der Waals surface area contributed by atoms with Crippen LogP contribution in [0.3, 0.4) is 0 Å². The maximum absolute atomic E-state index is 11.6. The molecule has 0 aliphatic carbocycles. The fraction of sp³-hybridized carbons (Fsp3) is 0.444. The van der Waals surface area contributed by atoms with E-state index in [4.69, 9.17) is 5.11 Å². The SMILES string of the molecule is O=C(O)CC(O)CCS(=O)(=O)c1cccs1. The van der Waals surface area contributed by atoms with Crippen LogP contribution in [0, 0.1) is 0 Å². The highest BCUT2D eigenvalue weighted by atomic mass is 32.2. The lowest BCUT2D eigenvalue weighted by Gasteiger charge is -2.07. The molecule has 5 nitrogen and oxygen atoms in total. The Balaban J connectivity index is 2.52. The second kappa shape index (κ2) is 5.42. The maximum atomic E-state index is 11.6. The topological polar surface area (TPSA) is 91.7 Å². The fourth-order valence-electron chi connectivity index (χ4n) is 1.14. The summed E-state index contributed by atoms with van der Waals surface area (Å²) >= 11 is 1.11. The van der Waals surface area contributed by atoms with Crippen molar-refractivity contribution in [3.05, 3.63) is 17.5 Å². The van der Waals surface area contributed by atoms with Gasteiger partial charge in [-0.2, -0.15) is 0 Å². The van der Waals surface area contributed by atoms with Crippen LogP contribution in [0.25, 0.3) is 0 Å². The first-order valence-electron chi connectivity index (χ1n) is 4.58. The average molecular weight is 264 g/mol. The Morgan fingerprint density at radius 1 is 1.50 bits per heavy atom. The lowest BCUT2D eigenvalue weighted by atomic mass is 10.2. The first-order valence-corrected chi connectivity index (χ1v) is 7.11. The highest BCUT2D eigenvalue weighted by Gasteiger charge is 2.18. The fourth-order valence-corrected chi connectivity index (χ4v) is 3.66. The third-order valence-corrected chi connectivity index (χ3v) is 5.17. The van der Waals surface area contributed by atoms with E-state index in [1.807, 2.05) is 0 Å². The van der Waals surface area contributed by atoms with Crippen LogP contribution < -0.4 is 0 Å². The normalized spacial score (nSPS) is 13.6. The molecule has 1 rings (SSSR count). The van der Waals surface area contributed by atoms with Gasteiger partial charge in [-0.05, 0) is 17.9 Å². The van der Waals surface area contributed by atoms with Gasteiger partial charge in [0.1, 0.15) is 4.21 Å². The summed E-state index contributed by atoms with van der Waals surface area (Å²) in [5.74, 6) is -1.37. The third kappa shape index (κ3) is 3.92. The van der Waals surface area contributed by atoms with Gasteiger partial charge in [0.05, 0.1) is 18.3 Å². The van der Waals surface area contributed by atoms with E-state index in [1.165, 1.54) is 6.07 Å². The van der Waals surface area contributed by atoms with Gasteiger partial charge in [0.15, 0.2) is 9.84 Å². The highest BCUT2D eigenvalue weighted by molar-refractivity contribution is 7.93. The number of aliphatic hydroxyl groups excluding tert-OH is 1. The summed E-state index contributed by atoms with van der Waals surface area (Å²) in [6, 6.07) is 3.12. The van der Waals surface area contributed by atoms with Crippen LogP contribution in [0.15, 0.2) is 21.7 Å². The molecule has 90 valence electrons. The number of rotatable bonds is 6. The van der Waals surface area contributed by atoms with E-state index in [9.17, 15) is 18.3 Å². The maximum Gasteiger partial charge on any atom is 0.305 e. The summed E-state index contributed by atoms with van der Waals surface area (Å²) in [4.78, 5) is 10.3. The van der Waals surface area contributed by atoms with Crippen LogP contribution in [0.1, 0.15) is 12.8 Å². The Hall–Kier alpha value is -0.920. The molecule has 0 saturated heterocycles. The number of carboxylic acids is 1. The molecule has 0 aliphatic heterocycles. The number of thiophene rings is 1. The van der Waals surface area contributed by atoms with E-state index in [0.717, 1.165) is 11.3 Å². The molecule has 0 spiro atoms. The summed E-state index contributed by atoms with van der Waals surface area (Å²) in [7, 11) is -3.38. The first kappa shape index (κ1) is 13.1. The Bertz CT molecular complexity index is 434. The van der Waals surface area contributed by atoms with Crippen molar-refractivity contribution in [3.63, 3.8) is 0 Å². The molecule has 0 aliphatic rings. The Kier molecular flexibility index (Phi) is 4.45. The third-order valence-electron chi connectivity index (χ3n) is 1.93. The monoisotopic (exact) mass is 264 g/mol. The van der Waals surface area contributed by atoms with E-state index >= 15 is 0 Å². The molecule has 0 amide bonds. The molecule has 1 atom stereocenters. The van der Waals surface area contributed by atoms with Gasteiger partial charge in [0.25, 0.3) is 0 Å². The van der Waals surface area contributed by atoms with Crippen LogP contribution in [0.5, 0.6) is 0 Å². The zero-order chi connectivity index (χ0) is 12.2. The molecule has 2 N–H and O–H groups in total. The molecule has 1 unspecified atom stereocenters. The minimum absolute atomic E-state index is 0.0630. The molecule has 16 heavy (non-hydrogen) atoms. The van der Waals surface area contributed by atoms with Crippen molar-refractivity contribution in [1.29, 1.82) is 0 Å². The van der Waals surface area contributed by atoms with Crippen LogP contribution in [0.2, 0.25) is 0 Å². The predicted octanol–water partition coefficient (Wildman–Crippen LogP) is 0.748. The van der Waals surface area contributed by atoms with Crippen molar-refractivity contribution in [2.24, 2.45) is 0 Å². The van der Waals surface area contributed by atoms with Gasteiger partial charge < -0.3 is 10.2 Å². The van der Waals surface area contributed by atoms with Crippen molar-refractivity contribution in [1.82, 2.24) is 0 Å². The zero-order valence-corrected chi connectivity index (χ0v) is 10.00. The van der Waals surface area contributed by atoms with E-state index < -0.39 is 28.3 Å². The van der Waals surface area contributed by atoms with Crippen LogP contribution >= 0.6 is 11.3 Å². The summed E-state index contributed by atoms with van der Waals surface area (Å²) in [5, 5.41) is 19.3. The van der Waals surface area contributed by atoms with Crippen LogP contribution in [0.4, 0.5) is 0 Å². The van der Waals surface area contributed by atoms with E-state index in [0.29, 0.717) is 0 Å². The van der Waals surface area contributed by atoms with Gasteiger partial charge in [-0.15, -0.1) is 11.3 Å². The predicted molar refractivity (Wildman–Crippen MR) is 59.2 cm³/mol. The molecule has 0 aromatic carbocycles. The second-order valence-corrected chi connectivity index (χ2v) is 6.58. The molecule has 1 aromatic rings. The van der Waals surface area contributed by atoms with E-state index in [1.54, 1.807) is 11.4 Å². The molecular formula is C9H12O5S2. The molecular weight excluding hydrogens is 252 g/mol. The Morgan fingerprint density at radius 3 is 2.69 bits per heavy atom. The van der Waals surface area contributed by atoms with Gasteiger partial charge in [-0.3, -0.25) is 4.79 Å². The van der Waals surface area contributed by atoms with Crippen molar-refractivity contribution >= 4 is 27.1 Å². The molecule has 1 heterocycles. The number of aliphatic hydroxyl groups is 1. The summed E-state index contributed by atoms with van der Waals surface area (Å²) in [6.45, 7) is 0. The molecule has 1 aromatic heterocycles. The van der Waals surface area contributed by atoms with Gasteiger partial charge in [0.2, 0.25) is 0 Å². The van der Waals surface area contributed by atoms with Gasteiger partial charge in [-0.1, -0.05) is 6.07 Å². The smallest absolute Gasteiger partial charge is 0.305 e. The summed E-state index contributed by atoms with van der Waals surface area (Å²) in [6.07, 6.45) is -1.61. The van der Waals surface area contributed by atoms with E-state index in [-0.39, 0.29) is 16.4 Å². The number of hydrogen-bond acceptors (Lipinski definition) is 5. The van der Waals surface area contributed by atoms with Crippen molar-refractivity contribution in [2.45, 2.75) is 23.2 Å². The average Bonchev–Trinajstić information content (AvgIpc) is 2.67. The molecule has 0 bridgehead atoms. The van der Waals surface area contributed by atoms with Crippen LogP contribution in [-0.2, 0) is 14.6 Å². The number of sulfone groups is 1. The minimum atomic E-state index is -3.38. The lowest BCUT2D eigenvalue weighted by Crippen LogP contribution is -2.17. The van der Waals surface area contributed by atoms with Gasteiger partial charge in [-0.25, -0.2) is 8.42 Å². The number of hydrogen-bond donors (Lipinski definition) is 2. The number of carbonyl (C=O) groups is 1. The minimum Gasteiger partial charge on any atom is -0.481 e. The largest absolute Gasteiger partial charge is 0.481 e. The quantitative estimate of drug-likeness (QED) is 0.791.